The Kier molecular flexibility index (Phi) is 4.03. The van der Waals surface area contributed by atoms with Crippen LogP contribution >= 0.6 is 11.8 Å². The lowest BCUT2D eigenvalue weighted by atomic mass is 10.2. The third kappa shape index (κ3) is 3.57. The molecule has 0 unspecified atom stereocenters. The summed E-state index contributed by atoms with van der Waals surface area (Å²) in [6.07, 6.45) is -4.39. The van der Waals surface area contributed by atoms with Crippen LogP contribution in [-0.4, -0.2) is 10.2 Å². The number of nitrogen functional groups attached to an aromatic ring is 1. The van der Waals surface area contributed by atoms with Crippen molar-refractivity contribution in [3.63, 3.8) is 0 Å². The minimum atomic E-state index is -4.39. The highest BCUT2D eigenvalue weighted by Crippen LogP contribution is 2.33. The van der Waals surface area contributed by atoms with Gasteiger partial charge in [0.15, 0.2) is 0 Å². The molecule has 0 spiro atoms. The molecule has 0 fully saturated rings. The van der Waals surface area contributed by atoms with Crippen LogP contribution in [0.25, 0.3) is 0 Å². The molecule has 0 atom stereocenters. The van der Waals surface area contributed by atoms with Crippen molar-refractivity contribution in [2.24, 2.45) is 5.84 Å². The molecule has 0 saturated carbocycles. The second-order valence-electron chi connectivity index (χ2n) is 3.39. The molecule has 0 bridgehead atoms. The number of nitrogens with two attached hydrogens (primary N) is 1. The van der Waals surface area contributed by atoms with Gasteiger partial charge >= 0.3 is 6.18 Å². The Morgan fingerprint density at radius 3 is 2.44 bits per heavy atom. The number of hydrogen-bond donors (Lipinski definition) is 2. The number of halogens is 3. The van der Waals surface area contributed by atoms with Crippen LogP contribution in [0.3, 0.4) is 0 Å². The van der Waals surface area contributed by atoms with Crippen molar-refractivity contribution in [1.82, 2.24) is 4.98 Å². The van der Waals surface area contributed by atoms with Gasteiger partial charge in [-0.1, -0.05) is 13.8 Å². The molecule has 0 aromatic carbocycles. The quantitative estimate of drug-likeness (QED) is 0.492. The molecule has 1 heterocycles. The fraction of sp³-hybridized carbons (Fsp3) is 0.444. The first-order valence-corrected chi connectivity index (χ1v) is 5.43. The molecular weight excluding hydrogens is 239 g/mol. The summed E-state index contributed by atoms with van der Waals surface area (Å²) in [7, 11) is 0. The van der Waals surface area contributed by atoms with E-state index in [1.807, 2.05) is 13.8 Å². The van der Waals surface area contributed by atoms with Crippen LogP contribution in [0.4, 0.5) is 19.0 Å². The van der Waals surface area contributed by atoms with E-state index >= 15 is 0 Å². The SMILES string of the molecule is CC(C)Sc1cc(C(F)(F)F)cc(NN)n1. The molecule has 7 heteroatoms. The Morgan fingerprint density at radius 2 is 2.00 bits per heavy atom. The van der Waals surface area contributed by atoms with Crippen LogP contribution in [0.2, 0.25) is 0 Å². The van der Waals surface area contributed by atoms with Crippen LogP contribution < -0.4 is 11.3 Å². The van der Waals surface area contributed by atoms with Crippen molar-refractivity contribution in [2.45, 2.75) is 30.3 Å². The topological polar surface area (TPSA) is 50.9 Å². The highest BCUT2D eigenvalue weighted by Gasteiger charge is 2.31. The van der Waals surface area contributed by atoms with E-state index in [2.05, 4.69) is 10.4 Å². The monoisotopic (exact) mass is 251 g/mol. The predicted octanol–water partition coefficient (Wildman–Crippen LogP) is 2.89. The number of alkyl halides is 3. The minimum absolute atomic E-state index is 0.0120. The number of rotatable bonds is 3. The second kappa shape index (κ2) is 4.92. The van der Waals surface area contributed by atoms with Crippen molar-refractivity contribution in [1.29, 1.82) is 0 Å². The average molecular weight is 251 g/mol. The Labute approximate surface area is 95.6 Å². The fourth-order valence-corrected chi connectivity index (χ4v) is 1.87. The number of anilines is 1. The summed E-state index contributed by atoms with van der Waals surface area (Å²) in [5, 5.41) is 0.458. The number of pyridine rings is 1. The highest BCUT2D eigenvalue weighted by molar-refractivity contribution is 7.99. The van der Waals surface area contributed by atoms with Crippen molar-refractivity contribution in [3.05, 3.63) is 17.7 Å². The van der Waals surface area contributed by atoms with Gasteiger partial charge in [-0.2, -0.15) is 13.2 Å². The van der Waals surface area contributed by atoms with Crippen LogP contribution in [-0.2, 0) is 6.18 Å². The van der Waals surface area contributed by atoms with E-state index in [9.17, 15) is 13.2 Å². The Balaban J connectivity index is 3.11. The minimum Gasteiger partial charge on any atom is -0.308 e. The summed E-state index contributed by atoms with van der Waals surface area (Å²) in [6, 6.07) is 1.90. The molecule has 90 valence electrons. The third-order valence-corrected chi connectivity index (χ3v) is 2.56. The predicted molar refractivity (Wildman–Crippen MR) is 58.0 cm³/mol. The number of hydrogen-bond acceptors (Lipinski definition) is 4. The van der Waals surface area contributed by atoms with E-state index in [4.69, 9.17) is 5.84 Å². The lowest BCUT2D eigenvalue weighted by Gasteiger charge is -2.11. The molecule has 0 aliphatic carbocycles. The first kappa shape index (κ1) is 13.1. The Bertz CT molecular complexity index is 366. The number of nitrogens with zero attached hydrogens (tertiary/aromatic N) is 1. The maximum absolute atomic E-state index is 12.5. The summed E-state index contributed by atoms with van der Waals surface area (Å²) in [6.45, 7) is 3.75. The molecule has 16 heavy (non-hydrogen) atoms. The first-order valence-electron chi connectivity index (χ1n) is 4.55. The van der Waals surface area contributed by atoms with Gasteiger partial charge in [-0.3, -0.25) is 0 Å². The zero-order chi connectivity index (χ0) is 12.3. The Hall–Kier alpha value is -0.950. The maximum Gasteiger partial charge on any atom is 0.416 e. The smallest absolute Gasteiger partial charge is 0.308 e. The zero-order valence-corrected chi connectivity index (χ0v) is 9.62. The highest BCUT2D eigenvalue weighted by atomic mass is 32.2. The standard InChI is InChI=1S/C9H12F3N3S/c1-5(2)16-8-4-6(9(10,11)12)3-7(14-8)15-13/h3-5H,13H2,1-2H3,(H,14,15). The summed E-state index contributed by atoms with van der Waals surface area (Å²) >= 11 is 1.25. The fourth-order valence-electron chi connectivity index (χ4n) is 1.04. The van der Waals surface area contributed by atoms with Crippen LogP contribution in [0, 0.1) is 0 Å². The van der Waals surface area contributed by atoms with Crippen molar-refractivity contribution < 1.29 is 13.2 Å². The summed E-state index contributed by atoms with van der Waals surface area (Å²) in [5.74, 6) is 5.08. The molecule has 0 saturated heterocycles. The van der Waals surface area contributed by atoms with Gasteiger partial charge in [-0.15, -0.1) is 11.8 Å². The molecule has 3 nitrogen and oxygen atoms in total. The van der Waals surface area contributed by atoms with Gasteiger partial charge in [0.1, 0.15) is 5.82 Å². The molecule has 0 aliphatic heterocycles. The van der Waals surface area contributed by atoms with Gasteiger partial charge in [0, 0.05) is 5.25 Å². The van der Waals surface area contributed by atoms with Gasteiger partial charge in [-0.05, 0) is 12.1 Å². The van der Waals surface area contributed by atoms with Gasteiger partial charge < -0.3 is 5.43 Å². The van der Waals surface area contributed by atoms with Gasteiger partial charge in [-0.25, -0.2) is 10.8 Å². The molecule has 1 aromatic rings. The molecule has 0 amide bonds. The normalized spacial score (nSPS) is 11.9. The molecule has 3 N–H and O–H groups in total. The number of aromatic nitrogens is 1. The van der Waals surface area contributed by atoms with Crippen molar-refractivity contribution >= 4 is 17.6 Å². The molecular formula is C9H12F3N3S. The third-order valence-electron chi connectivity index (χ3n) is 1.63. The lowest BCUT2D eigenvalue weighted by Crippen LogP contribution is -2.12. The summed E-state index contributed by atoms with van der Waals surface area (Å²) in [4.78, 5) is 3.93. The number of hydrazine groups is 1. The maximum atomic E-state index is 12.5. The van der Waals surface area contributed by atoms with Crippen molar-refractivity contribution in [2.75, 3.05) is 5.43 Å². The largest absolute Gasteiger partial charge is 0.416 e. The first-order chi connectivity index (χ1) is 7.32. The van der Waals surface area contributed by atoms with Gasteiger partial charge in [0.2, 0.25) is 0 Å². The zero-order valence-electron chi connectivity index (χ0n) is 8.80. The van der Waals surface area contributed by atoms with Crippen LogP contribution in [0.5, 0.6) is 0 Å². The van der Waals surface area contributed by atoms with E-state index in [-0.39, 0.29) is 11.1 Å². The van der Waals surface area contributed by atoms with Gasteiger partial charge in [0.05, 0.1) is 10.6 Å². The van der Waals surface area contributed by atoms with Crippen LogP contribution in [0.1, 0.15) is 19.4 Å². The second-order valence-corrected chi connectivity index (χ2v) is 4.98. The van der Waals surface area contributed by atoms with E-state index in [1.54, 1.807) is 0 Å². The van der Waals surface area contributed by atoms with Gasteiger partial charge in [0.25, 0.3) is 0 Å². The lowest BCUT2D eigenvalue weighted by molar-refractivity contribution is -0.137. The van der Waals surface area contributed by atoms with Crippen LogP contribution in [0.15, 0.2) is 17.2 Å². The molecule has 1 aromatic heterocycles. The van der Waals surface area contributed by atoms with E-state index in [0.29, 0.717) is 5.03 Å². The summed E-state index contributed by atoms with van der Waals surface area (Å²) in [5.41, 5.74) is 1.38. The summed E-state index contributed by atoms with van der Waals surface area (Å²) < 4.78 is 37.5. The van der Waals surface area contributed by atoms with E-state index < -0.39 is 11.7 Å². The average Bonchev–Trinajstić information content (AvgIpc) is 2.14. The molecule has 0 aliphatic rings. The Morgan fingerprint density at radius 1 is 1.38 bits per heavy atom. The molecule has 1 rings (SSSR count). The molecule has 0 radical (unpaired) electrons. The number of nitrogens with one attached hydrogen (secondary N) is 1. The van der Waals surface area contributed by atoms with E-state index in [1.165, 1.54) is 11.8 Å². The van der Waals surface area contributed by atoms with E-state index in [0.717, 1.165) is 12.1 Å². The van der Waals surface area contributed by atoms with Crippen molar-refractivity contribution in [3.8, 4) is 0 Å². The number of thioether (sulfide) groups is 1.